The van der Waals surface area contributed by atoms with E-state index < -0.39 is 0 Å². The number of ether oxygens (including phenoxy) is 1. The SMILES string of the molecule is COc1cccc(N2C[C@@H](C)N(C(=O)CCn3cccc3)CC2=O)c1. The number of amides is 2. The number of rotatable bonds is 5. The highest BCUT2D eigenvalue weighted by Crippen LogP contribution is 2.24. The van der Waals surface area contributed by atoms with Crippen molar-refractivity contribution in [3.05, 3.63) is 48.8 Å². The third kappa shape index (κ3) is 3.84. The highest BCUT2D eigenvalue weighted by atomic mass is 16.5. The number of hydrogen-bond donors (Lipinski definition) is 0. The molecule has 1 aromatic heterocycles. The van der Waals surface area contributed by atoms with Crippen molar-refractivity contribution in [1.82, 2.24) is 9.47 Å². The Morgan fingerprint density at radius 2 is 2.00 bits per heavy atom. The number of hydrogen-bond acceptors (Lipinski definition) is 3. The first-order valence-corrected chi connectivity index (χ1v) is 8.43. The lowest BCUT2D eigenvalue weighted by Gasteiger charge is -2.39. The molecule has 132 valence electrons. The van der Waals surface area contributed by atoms with Crippen molar-refractivity contribution in [3.63, 3.8) is 0 Å². The lowest BCUT2D eigenvalue weighted by Crippen LogP contribution is -2.57. The summed E-state index contributed by atoms with van der Waals surface area (Å²) < 4.78 is 7.20. The summed E-state index contributed by atoms with van der Waals surface area (Å²) in [5.74, 6) is 0.656. The maximum absolute atomic E-state index is 12.6. The standard InChI is InChI=1S/C19H23N3O3/c1-15-13-22(16-6-5-7-17(12-16)25-2)19(24)14-21(15)18(23)8-11-20-9-3-4-10-20/h3-7,9-10,12,15H,8,11,13-14H2,1-2H3/t15-/m1/s1. The van der Waals surface area contributed by atoms with Crippen LogP contribution in [0.15, 0.2) is 48.8 Å². The Morgan fingerprint density at radius 1 is 1.24 bits per heavy atom. The number of benzene rings is 1. The van der Waals surface area contributed by atoms with E-state index >= 15 is 0 Å². The molecule has 0 aliphatic carbocycles. The molecule has 2 heterocycles. The number of nitrogens with zero attached hydrogens (tertiary/aromatic N) is 3. The van der Waals surface area contributed by atoms with Crippen LogP contribution in [0.1, 0.15) is 13.3 Å². The van der Waals surface area contributed by atoms with Gasteiger partial charge in [-0.15, -0.1) is 0 Å². The summed E-state index contributed by atoms with van der Waals surface area (Å²) in [7, 11) is 1.60. The molecule has 6 heteroatoms. The number of anilines is 1. The van der Waals surface area contributed by atoms with Crippen LogP contribution in [0.5, 0.6) is 5.75 Å². The summed E-state index contributed by atoms with van der Waals surface area (Å²) in [6, 6.07) is 11.3. The summed E-state index contributed by atoms with van der Waals surface area (Å²) in [4.78, 5) is 28.5. The minimum Gasteiger partial charge on any atom is -0.497 e. The van der Waals surface area contributed by atoms with Crippen LogP contribution < -0.4 is 9.64 Å². The molecule has 1 atom stereocenters. The van der Waals surface area contributed by atoms with E-state index in [0.717, 1.165) is 5.69 Å². The monoisotopic (exact) mass is 341 g/mol. The molecule has 0 spiro atoms. The van der Waals surface area contributed by atoms with E-state index in [9.17, 15) is 9.59 Å². The molecule has 0 N–H and O–H groups in total. The number of aromatic nitrogens is 1. The van der Waals surface area contributed by atoms with Gasteiger partial charge in [0.1, 0.15) is 12.3 Å². The van der Waals surface area contributed by atoms with E-state index in [0.29, 0.717) is 25.3 Å². The molecule has 1 aliphatic heterocycles. The molecule has 3 rings (SSSR count). The molecular formula is C19H23N3O3. The molecule has 0 saturated carbocycles. The first-order valence-electron chi connectivity index (χ1n) is 8.43. The van der Waals surface area contributed by atoms with Crippen LogP contribution in [0.4, 0.5) is 5.69 Å². The average molecular weight is 341 g/mol. The van der Waals surface area contributed by atoms with Crippen LogP contribution in [0, 0.1) is 0 Å². The quantitative estimate of drug-likeness (QED) is 0.837. The van der Waals surface area contributed by atoms with Gasteiger partial charge in [-0.2, -0.15) is 0 Å². The van der Waals surface area contributed by atoms with Crippen LogP contribution >= 0.6 is 0 Å². The van der Waals surface area contributed by atoms with Crippen molar-refractivity contribution in [3.8, 4) is 5.75 Å². The maximum Gasteiger partial charge on any atom is 0.246 e. The molecule has 1 aromatic carbocycles. The number of carbonyl (C=O) groups is 2. The van der Waals surface area contributed by atoms with Crippen molar-refractivity contribution in [2.75, 3.05) is 25.1 Å². The minimum absolute atomic E-state index is 0.0137. The van der Waals surface area contributed by atoms with Gasteiger partial charge in [0.05, 0.1) is 7.11 Å². The molecular weight excluding hydrogens is 318 g/mol. The van der Waals surface area contributed by atoms with E-state index in [1.165, 1.54) is 0 Å². The van der Waals surface area contributed by atoms with Gasteiger partial charge in [-0.1, -0.05) is 6.07 Å². The second-order valence-corrected chi connectivity index (χ2v) is 6.25. The van der Waals surface area contributed by atoms with Crippen molar-refractivity contribution in [2.24, 2.45) is 0 Å². The normalized spacial score (nSPS) is 17.7. The zero-order chi connectivity index (χ0) is 17.8. The lowest BCUT2D eigenvalue weighted by molar-refractivity contribution is -0.139. The Bertz CT molecular complexity index is 742. The summed E-state index contributed by atoms with van der Waals surface area (Å²) in [6.07, 6.45) is 4.26. The first-order chi connectivity index (χ1) is 12.1. The van der Waals surface area contributed by atoms with Crippen LogP contribution in [-0.2, 0) is 16.1 Å². The molecule has 0 radical (unpaired) electrons. The minimum atomic E-state index is -0.0688. The van der Waals surface area contributed by atoms with Gasteiger partial charge in [-0.05, 0) is 31.2 Å². The fourth-order valence-electron chi connectivity index (χ4n) is 3.10. The first kappa shape index (κ1) is 17.1. The maximum atomic E-state index is 12.6. The molecule has 0 unspecified atom stereocenters. The summed E-state index contributed by atoms with van der Waals surface area (Å²) in [5.41, 5.74) is 0.802. The Morgan fingerprint density at radius 3 is 2.72 bits per heavy atom. The largest absolute Gasteiger partial charge is 0.497 e. The van der Waals surface area contributed by atoms with Gasteiger partial charge in [0.15, 0.2) is 0 Å². The fraction of sp³-hybridized carbons (Fsp3) is 0.368. The topological polar surface area (TPSA) is 54.8 Å². The molecule has 2 amide bonds. The summed E-state index contributed by atoms with van der Waals surface area (Å²) in [5, 5.41) is 0. The van der Waals surface area contributed by atoms with E-state index in [4.69, 9.17) is 4.74 Å². The van der Waals surface area contributed by atoms with Crippen LogP contribution in [0.3, 0.4) is 0 Å². The Labute approximate surface area is 147 Å². The molecule has 0 bridgehead atoms. The Balaban J connectivity index is 1.65. The predicted molar refractivity (Wildman–Crippen MR) is 95.6 cm³/mol. The van der Waals surface area contributed by atoms with Gasteiger partial charge in [0.25, 0.3) is 0 Å². The van der Waals surface area contributed by atoms with Crippen molar-refractivity contribution < 1.29 is 14.3 Å². The third-order valence-corrected chi connectivity index (χ3v) is 4.52. The number of methoxy groups -OCH3 is 1. The zero-order valence-electron chi connectivity index (χ0n) is 14.6. The van der Waals surface area contributed by atoms with E-state index in [-0.39, 0.29) is 24.4 Å². The lowest BCUT2D eigenvalue weighted by atomic mass is 10.1. The highest BCUT2D eigenvalue weighted by Gasteiger charge is 2.33. The van der Waals surface area contributed by atoms with Crippen LogP contribution in [-0.4, -0.2) is 47.5 Å². The second kappa shape index (κ2) is 7.42. The van der Waals surface area contributed by atoms with Gasteiger partial charge in [-0.3, -0.25) is 9.59 Å². The molecule has 6 nitrogen and oxygen atoms in total. The summed E-state index contributed by atoms with van der Waals surface area (Å²) >= 11 is 0. The van der Waals surface area contributed by atoms with Crippen LogP contribution in [0.25, 0.3) is 0 Å². The molecule has 2 aromatic rings. The van der Waals surface area contributed by atoms with E-state index in [1.54, 1.807) is 16.9 Å². The average Bonchev–Trinajstić information content (AvgIpc) is 3.15. The fourth-order valence-corrected chi connectivity index (χ4v) is 3.10. The van der Waals surface area contributed by atoms with Gasteiger partial charge >= 0.3 is 0 Å². The zero-order valence-corrected chi connectivity index (χ0v) is 14.6. The van der Waals surface area contributed by atoms with Crippen molar-refractivity contribution >= 4 is 17.5 Å². The number of aryl methyl sites for hydroxylation is 1. The molecule has 25 heavy (non-hydrogen) atoms. The van der Waals surface area contributed by atoms with Crippen molar-refractivity contribution in [2.45, 2.75) is 25.9 Å². The van der Waals surface area contributed by atoms with Gasteiger partial charge in [0, 0.05) is 49.7 Å². The number of carbonyl (C=O) groups excluding carboxylic acids is 2. The van der Waals surface area contributed by atoms with Gasteiger partial charge < -0.3 is 19.1 Å². The Hall–Kier alpha value is -2.76. The molecule has 1 saturated heterocycles. The smallest absolute Gasteiger partial charge is 0.246 e. The summed E-state index contributed by atoms with van der Waals surface area (Å²) in [6.45, 7) is 3.21. The third-order valence-electron chi connectivity index (χ3n) is 4.52. The molecule has 1 aliphatic rings. The number of piperazine rings is 1. The van der Waals surface area contributed by atoms with Crippen LogP contribution in [0.2, 0.25) is 0 Å². The van der Waals surface area contributed by atoms with Gasteiger partial charge in [0.2, 0.25) is 11.8 Å². The second-order valence-electron chi connectivity index (χ2n) is 6.25. The van der Waals surface area contributed by atoms with E-state index in [2.05, 4.69) is 0 Å². The molecule has 1 fully saturated rings. The van der Waals surface area contributed by atoms with E-state index in [1.807, 2.05) is 60.3 Å². The highest BCUT2D eigenvalue weighted by molar-refractivity contribution is 5.98. The predicted octanol–water partition coefficient (Wildman–Crippen LogP) is 2.15. The van der Waals surface area contributed by atoms with Crippen molar-refractivity contribution in [1.29, 1.82) is 0 Å². The Kier molecular flexibility index (Phi) is 5.07. The van der Waals surface area contributed by atoms with Gasteiger partial charge in [-0.25, -0.2) is 0 Å².